The summed E-state index contributed by atoms with van der Waals surface area (Å²) in [5.74, 6) is 0.611. The van der Waals surface area contributed by atoms with Crippen molar-refractivity contribution in [2.75, 3.05) is 13.7 Å². The zero-order chi connectivity index (χ0) is 16.1. The number of phenolic OH excluding ortho intramolecular Hbond substituents is 1. The molecule has 0 saturated carbocycles. The number of aromatic hydroxyl groups is 1. The molecule has 2 N–H and O–H groups in total. The number of nitrogens with one attached hydrogen (secondary N) is 1. The third kappa shape index (κ3) is 3.72. The highest BCUT2D eigenvalue weighted by Gasteiger charge is 2.09. The minimum absolute atomic E-state index is 0.110. The molecule has 1 amide bonds. The lowest BCUT2D eigenvalue weighted by Gasteiger charge is -2.08. The molecule has 0 spiro atoms. The number of carbonyl (C=O) groups is 1. The van der Waals surface area contributed by atoms with Gasteiger partial charge in [-0.25, -0.2) is 9.97 Å². The fourth-order valence-electron chi connectivity index (χ4n) is 2.13. The van der Waals surface area contributed by atoms with Crippen LogP contribution in [0.4, 0.5) is 0 Å². The number of carbonyl (C=O) groups excluding carboxylic acids is 1. The lowest BCUT2D eigenvalue weighted by molar-refractivity contribution is 0.0943. The van der Waals surface area contributed by atoms with Crippen LogP contribution in [0.5, 0.6) is 11.5 Å². The summed E-state index contributed by atoms with van der Waals surface area (Å²) >= 11 is 0. The number of phenols is 1. The van der Waals surface area contributed by atoms with Crippen molar-refractivity contribution in [1.29, 1.82) is 0 Å². The summed E-state index contributed by atoms with van der Waals surface area (Å²) in [5.41, 5.74) is 2.73. The Morgan fingerprint density at radius 1 is 1.23 bits per heavy atom. The summed E-state index contributed by atoms with van der Waals surface area (Å²) in [4.78, 5) is 19.8. The number of ether oxygens (including phenoxy) is 1. The van der Waals surface area contributed by atoms with Crippen molar-refractivity contribution in [3.05, 3.63) is 47.0 Å². The zero-order valence-corrected chi connectivity index (χ0v) is 12.9. The number of aromatic nitrogens is 2. The van der Waals surface area contributed by atoms with Crippen LogP contribution in [0.3, 0.4) is 0 Å². The van der Waals surface area contributed by atoms with Gasteiger partial charge in [-0.05, 0) is 37.0 Å². The Hall–Kier alpha value is -2.63. The number of amides is 1. The van der Waals surface area contributed by atoms with Gasteiger partial charge >= 0.3 is 0 Å². The average Bonchev–Trinajstić information content (AvgIpc) is 2.52. The first kappa shape index (κ1) is 15.8. The summed E-state index contributed by atoms with van der Waals surface area (Å²) in [6.07, 6.45) is 3.58. The van der Waals surface area contributed by atoms with Crippen LogP contribution in [-0.4, -0.2) is 34.6 Å². The Labute approximate surface area is 129 Å². The number of rotatable bonds is 5. The first-order valence-electron chi connectivity index (χ1n) is 6.94. The van der Waals surface area contributed by atoms with E-state index >= 15 is 0 Å². The molecule has 2 aromatic rings. The fourth-order valence-corrected chi connectivity index (χ4v) is 2.13. The van der Waals surface area contributed by atoms with Crippen molar-refractivity contribution >= 4 is 5.91 Å². The minimum atomic E-state index is -0.324. The van der Waals surface area contributed by atoms with Gasteiger partial charge in [-0.1, -0.05) is 12.1 Å². The first-order valence-corrected chi connectivity index (χ1v) is 6.94. The zero-order valence-electron chi connectivity index (χ0n) is 12.9. The van der Waals surface area contributed by atoms with Crippen LogP contribution in [-0.2, 0) is 6.42 Å². The van der Waals surface area contributed by atoms with Crippen LogP contribution in [0.2, 0.25) is 0 Å². The van der Waals surface area contributed by atoms with Gasteiger partial charge in [0.05, 0.1) is 19.5 Å². The van der Waals surface area contributed by atoms with E-state index in [1.165, 1.54) is 19.5 Å². The molecule has 6 nitrogen and oxygen atoms in total. The smallest absolute Gasteiger partial charge is 0.289 e. The maximum absolute atomic E-state index is 11.9. The molecule has 2 rings (SSSR count). The van der Waals surface area contributed by atoms with E-state index < -0.39 is 0 Å². The predicted octanol–water partition coefficient (Wildman–Crippen LogP) is 1.78. The monoisotopic (exact) mass is 301 g/mol. The third-order valence-corrected chi connectivity index (χ3v) is 3.32. The highest BCUT2D eigenvalue weighted by molar-refractivity contribution is 5.90. The van der Waals surface area contributed by atoms with Crippen molar-refractivity contribution in [2.45, 2.75) is 20.3 Å². The van der Waals surface area contributed by atoms with Crippen molar-refractivity contribution in [3.8, 4) is 11.5 Å². The van der Waals surface area contributed by atoms with Gasteiger partial charge in [-0.3, -0.25) is 4.79 Å². The molecular formula is C16H19N3O3. The summed E-state index contributed by atoms with van der Waals surface area (Å²) in [6, 6.07) is 3.83. The summed E-state index contributed by atoms with van der Waals surface area (Å²) in [7, 11) is 1.51. The molecule has 0 unspecified atom stereocenters. The molecule has 0 fully saturated rings. The Balaban J connectivity index is 1.91. The van der Waals surface area contributed by atoms with Crippen LogP contribution in [0, 0.1) is 13.8 Å². The van der Waals surface area contributed by atoms with Gasteiger partial charge in [0, 0.05) is 6.54 Å². The lowest BCUT2D eigenvalue weighted by Crippen LogP contribution is -2.27. The second-order valence-corrected chi connectivity index (χ2v) is 5.03. The van der Waals surface area contributed by atoms with Crippen LogP contribution in [0.1, 0.15) is 27.3 Å². The van der Waals surface area contributed by atoms with Crippen molar-refractivity contribution < 1.29 is 14.6 Å². The lowest BCUT2D eigenvalue weighted by atomic mass is 10.0. The van der Waals surface area contributed by atoms with Crippen molar-refractivity contribution in [3.63, 3.8) is 0 Å². The molecule has 1 heterocycles. The van der Waals surface area contributed by atoms with Gasteiger partial charge in [-0.2, -0.15) is 0 Å². The van der Waals surface area contributed by atoms with E-state index in [-0.39, 0.29) is 11.7 Å². The SMILES string of the molecule is COc1cnc(C(=O)NCCc2cc(C)c(O)c(C)c2)nc1. The van der Waals surface area contributed by atoms with E-state index in [2.05, 4.69) is 15.3 Å². The molecule has 1 aromatic heterocycles. The molecule has 116 valence electrons. The molecule has 6 heteroatoms. The molecule has 0 atom stereocenters. The summed E-state index contributed by atoms with van der Waals surface area (Å²) < 4.78 is 4.94. The van der Waals surface area contributed by atoms with E-state index in [1.54, 1.807) is 0 Å². The van der Waals surface area contributed by atoms with E-state index in [1.807, 2.05) is 26.0 Å². The molecule has 0 bridgehead atoms. The molecule has 22 heavy (non-hydrogen) atoms. The van der Waals surface area contributed by atoms with Crippen LogP contribution >= 0.6 is 0 Å². The maximum Gasteiger partial charge on any atom is 0.289 e. The second-order valence-electron chi connectivity index (χ2n) is 5.03. The predicted molar refractivity (Wildman–Crippen MR) is 82.2 cm³/mol. The first-order chi connectivity index (χ1) is 10.5. The molecule has 1 aromatic carbocycles. The molecule has 0 aliphatic carbocycles. The number of aryl methyl sites for hydroxylation is 2. The number of benzene rings is 1. The standard InChI is InChI=1S/C16H19N3O3/c1-10-6-12(7-11(2)14(10)20)4-5-17-16(21)15-18-8-13(22-3)9-19-15/h6-9,20H,4-5H2,1-3H3,(H,17,21). The van der Waals surface area contributed by atoms with Gasteiger partial charge in [0.15, 0.2) is 5.75 Å². The van der Waals surface area contributed by atoms with Gasteiger partial charge in [0.1, 0.15) is 5.75 Å². The highest BCUT2D eigenvalue weighted by atomic mass is 16.5. The number of hydrogen-bond acceptors (Lipinski definition) is 5. The molecule has 0 aliphatic heterocycles. The Morgan fingerprint density at radius 2 is 1.82 bits per heavy atom. The normalized spacial score (nSPS) is 10.3. The molecular weight excluding hydrogens is 282 g/mol. The number of hydrogen-bond donors (Lipinski definition) is 2. The minimum Gasteiger partial charge on any atom is -0.507 e. The van der Waals surface area contributed by atoms with Crippen LogP contribution < -0.4 is 10.1 Å². The maximum atomic E-state index is 11.9. The molecule has 0 aliphatic rings. The van der Waals surface area contributed by atoms with Crippen molar-refractivity contribution in [1.82, 2.24) is 15.3 Å². The Morgan fingerprint density at radius 3 is 2.36 bits per heavy atom. The van der Waals surface area contributed by atoms with E-state index in [0.717, 1.165) is 16.7 Å². The van der Waals surface area contributed by atoms with Gasteiger partial charge in [-0.15, -0.1) is 0 Å². The third-order valence-electron chi connectivity index (χ3n) is 3.32. The van der Waals surface area contributed by atoms with E-state index in [9.17, 15) is 9.90 Å². The molecule has 0 saturated heterocycles. The number of nitrogens with zero attached hydrogens (tertiary/aromatic N) is 2. The van der Waals surface area contributed by atoms with E-state index in [0.29, 0.717) is 24.5 Å². The van der Waals surface area contributed by atoms with Crippen LogP contribution in [0.25, 0.3) is 0 Å². The topological polar surface area (TPSA) is 84.3 Å². The number of methoxy groups -OCH3 is 1. The molecule has 0 radical (unpaired) electrons. The average molecular weight is 301 g/mol. The van der Waals surface area contributed by atoms with E-state index in [4.69, 9.17) is 4.74 Å². The fraction of sp³-hybridized carbons (Fsp3) is 0.312. The Kier molecular flexibility index (Phi) is 4.93. The van der Waals surface area contributed by atoms with Crippen LogP contribution in [0.15, 0.2) is 24.5 Å². The highest BCUT2D eigenvalue weighted by Crippen LogP contribution is 2.22. The summed E-state index contributed by atoms with van der Waals surface area (Å²) in [6.45, 7) is 4.18. The second kappa shape index (κ2) is 6.89. The van der Waals surface area contributed by atoms with Crippen molar-refractivity contribution in [2.24, 2.45) is 0 Å². The van der Waals surface area contributed by atoms with Gasteiger partial charge in [0.25, 0.3) is 5.91 Å². The quantitative estimate of drug-likeness (QED) is 0.879. The van der Waals surface area contributed by atoms with Gasteiger partial charge in [0.2, 0.25) is 5.82 Å². The Bertz CT molecular complexity index is 646. The van der Waals surface area contributed by atoms with Gasteiger partial charge < -0.3 is 15.2 Å². The summed E-state index contributed by atoms with van der Waals surface area (Å²) in [5, 5.41) is 12.5. The largest absolute Gasteiger partial charge is 0.507 e.